The Hall–Kier alpha value is -1.86. The van der Waals surface area contributed by atoms with Gasteiger partial charge in [-0.1, -0.05) is 47.9 Å². The summed E-state index contributed by atoms with van der Waals surface area (Å²) in [5.41, 5.74) is 0.908. The Kier molecular flexibility index (Phi) is 6.69. The zero-order valence-electron chi connectivity index (χ0n) is 14.8. The first-order valence-electron chi connectivity index (χ1n) is 8.33. The van der Waals surface area contributed by atoms with Crippen LogP contribution in [0.2, 0.25) is 0 Å². The van der Waals surface area contributed by atoms with Crippen molar-refractivity contribution in [3.05, 3.63) is 46.4 Å². The molecule has 1 aromatic rings. The van der Waals surface area contributed by atoms with Gasteiger partial charge in [0.1, 0.15) is 10.9 Å². The maximum Gasteiger partial charge on any atom is 0.323 e. The van der Waals surface area contributed by atoms with Gasteiger partial charge in [0.25, 0.3) is 16.0 Å². The normalized spacial score (nSPS) is 19.5. The van der Waals surface area contributed by atoms with Gasteiger partial charge < -0.3 is 10.0 Å². The fourth-order valence-corrected chi connectivity index (χ4v) is 5.53. The number of nitrogens with zero attached hydrogens (tertiary/aromatic N) is 2. The number of amides is 1. The van der Waals surface area contributed by atoms with E-state index in [1.165, 1.54) is 11.8 Å². The highest BCUT2D eigenvalue weighted by atomic mass is 32.2. The molecule has 0 spiro atoms. The molecule has 0 atom stereocenters. The lowest BCUT2D eigenvalue weighted by Crippen LogP contribution is -2.33. The highest BCUT2D eigenvalue weighted by Crippen LogP contribution is 2.46. The maximum atomic E-state index is 12.4. The van der Waals surface area contributed by atoms with Crippen molar-refractivity contribution in [2.24, 2.45) is 0 Å². The predicted molar refractivity (Wildman–Crippen MR) is 116 cm³/mol. The first-order valence-corrected chi connectivity index (χ1v) is 12.0. The molecule has 1 saturated heterocycles. The SMILES string of the molecule is O=C(O)CN1C(=O)/C(=C/C=C2/Sc3ccccc3N2CCCS(=O)(=O)O)SC1=S. The molecule has 12 heteroatoms. The fraction of sp³-hybridized carbons (Fsp3) is 0.235. The number of fused-ring (bicyclic) bond motifs is 1. The summed E-state index contributed by atoms with van der Waals surface area (Å²) in [6.07, 6.45) is 3.54. The quantitative estimate of drug-likeness (QED) is 0.348. The van der Waals surface area contributed by atoms with Gasteiger partial charge in [-0.3, -0.25) is 19.0 Å². The number of carboxylic acids is 1. The summed E-state index contributed by atoms with van der Waals surface area (Å²) in [4.78, 5) is 27.5. The van der Waals surface area contributed by atoms with E-state index in [0.29, 0.717) is 11.4 Å². The highest BCUT2D eigenvalue weighted by molar-refractivity contribution is 8.26. The Bertz CT molecular complexity index is 1030. The molecule has 2 aliphatic heterocycles. The van der Waals surface area contributed by atoms with Crippen molar-refractivity contribution < 1.29 is 27.7 Å². The van der Waals surface area contributed by atoms with Gasteiger partial charge in [-0.2, -0.15) is 8.42 Å². The van der Waals surface area contributed by atoms with E-state index in [1.807, 2.05) is 29.2 Å². The van der Waals surface area contributed by atoms with Crippen molar-refractivity contribution >= 4 is 67.7 Å². The summed E-state index contributed by atoms with van der Waals surface area (Å²) in [6, 6.07) is 7.60. The summed E-state index contributed by atoms with van der Waals surface area (Å²) in [7, 11) is -4.05. The number of carbonyl (C=O) groups excluding carboxylic acids is 1. The average molecular weight is 473 g/mol. The minimum absolute atomic E-state index is 0.189. The van der Waals surface area contributed by atoms with Crippen LogP contribution in [0.15, 0.2) is 51.2 Å². The number of hydrogen-bond donors (Lipinski definition) is 2. The summed E-state index contributed by atoms with van der Waals surface area (Å²) in [5.74, 6) is -1.96. The first-order chi connectivity index (χ1) is 13.7. The van der Waals surface area contributed by atoms with Crippen LogP contribution in [0.25, 0.3) is 0 Å². The van der Waals surface area contributed by atoms with Crippen LogP contribution in [0.4, 0.5) is 5.69 Å². The van der Waals surface area contributed by atoms with Crippen LogP contribution in [-0.4, -0.2) is 58.0 Å². The number of thioether (sulfide) groups is 2. The number of thiocarbonyl (C=S) groups is 1. The van der Waals surface area contributed by atoms with E-state index >= 15 is 0 Å². The molecule has 0 bridgehead atoms. The molecule has 154 valence electrons. The molecule has 0 radical (unpaired) electrons. The molecule has 1 aromatic carbocycles. The average Bonchev–Trinajstić information content (AvgIpc) is 3.11. The first kappa shape index (κ1) is 21.8. The number of anilines is 1. The minimum Gasteiger partial charge on any atom is -0.480 e. The van der Waals surface area contributed by atoms with Gasteiger partial charge in [0.15, 0.2) is 0 Å². The van der Waals surface area contributed by atoms with Crippen LogP contribution in [0.5, 0.6) is 0 Å². The summed E-state index contributed by atoms with van der Waals surface area (Å²) < 4.78 is 31.2. The monoisotopic (exact) mass is 472 g/mol. The number of rotatable bonds is 7. The van der Waals surface area contributed by atoms with Crippen LogP contribution in [0.1, 0.15) is 6.42 Å². The second kappa shape index (κ2) is 8.88. The number of allylic oxidation sites excluding steroid dienone is 2. The third-order valence-corrected chi connectivity index (χ3v) is 7.30. The molecule has 8 nitrogen and oxygen atoms in total. The number of para-hydroxylation sites is 1. The van der Waals surface area contributed by atoms with E-state index < -0.39 is 28.5 Å². The van der Waals surface area contributed by atoms with Crippen molar-refractivity contribution in [3.63, 3.8) is 0 Å². The Balaban J connectivity index is 1.81. The van der Waals surface area contributed by atoms with Gasteiger partial charge >= 0.3 is 5.97 Å². The Morgan fingerprint density at radius 3 is 2.59 bits per heavy atom. The number of hydrogen-bond acceptors (Lipinski definition) is 8. The predicted octanol–water partition coefficient (Wildman–Crippen LogP) is 2.55. The van der Waals surface area contributed by atoms with Gasteiger partial charge in [-0.15, -0.1) is 0 Å². The second-order valence-electron chi connectivity index (χ2n) is 6.05. The van der Waals surface area contributed by atoms with E-state index in [0.717, 1.165) is 32.3 Å². The zero-order chi connectivity index (χ0) is 21.2. The molecule has 1 amide bonds. The van der Waals surface area contributed by atoms with Gasteiger partial charge in [0.05, 0.1) is 21.4 Å². The third-order valence-electron chi connectivity index (χ3n) is 3.96. The summed E-state index contributed by atoms with van der Waals surface area (Å²) in [6.45, 7) is -0.121. The molecular formula is C17H16N2O6S4. The molecule has 2 heterocycles. The van der Waals surface area contributed by atoms with E-state index in [2.05, 4.69) is 0 Å². The lowest BCUT2D eigenvalue weighted by Gasteiger charge is -2.19. The molecule has 0 aromatic heterocycles. The lowest BCUT2D eigenvalue weighted by molar-refractivity contribution is -0.140. The number of carboxylic acid groups (broad SMARTS) is 1. The standard InChI is InChI=1S/C17H16N2O6S4/c20-15(21)10-19-16(22)13(28-17(19)26)6-7-14-18(8-3-9-29(23,24)25)11-4-1-2-5-12(11)27-14/h1-2,4-7H,3,8-10H2,(H,20,21)(H,23,24,25)/b13-6-,14-7+. The van der Waals surface area contributed by atoms with Crippen molar-refractivity contribution in [1.29, 1.82) is 0 Å². The van der Waals surface area contributed by atoms with Gasteiger partial charge in [-0.05, 0) is 30.7 Å². The Labute approximate surface area is 181 Å². The molecule has 0 saturated carbocycles. The fourth-order valence-electron chi connectivity index (χ4n) is 2.75. The smallest absolute Gasteiger partial charge is 0.323 e. The summed E-state index contributed by atoms with van der Waals surface area (Å²) >= 11 is 7.58. The van der Waals surface area contributed by atoms with Crippen molar-refractivity contribution in [1.82, 2.24) is 4.90 Å². The lowest BCUT2D eigenvalue weighted by atomic mass is 10.3. The zero-order valence-corrected chi connectivity index (χ0v) is 18.1. The topological polar surface area (TPSA) is 115 Å². The third kappa shape index (κ3) is 5.39. The molecule has 0 aliphatic carbocycles. The van der Waals surface area contributed by atoms with Crippen molar-refractivity contribution in [2.45, 2.75) is 11.3 Å². The van der Waals surface area contributed by atoms with Crippen LogP contribution in [0.3, 0.4) is 0 Å². The highest BCUT2D eigenvalue weighted by Gasteiger charge is 2.33. The molecular weight excluding hydrogens is 456 g/mol. The van der Waals surface area contributed by atoms with Crippen LogP contribution in [-0.2, 0) is 19.7 Å². The minimum atomic E-state index is -4.05. The van der Waals surface area contributed by atoms with Crippen molar-refractivity contribution in [2.75, 3.05) is 23.7 Å². The number of aliphatic carboxylic acids is 1. The van der Waals surface area contributed by atoms with Crippen molar-refractivity contribution in [3.8, 4) is 0 Å². The molecule has 2 N–H and O–H groups in total. The molecule has 29 heavy (non-hydrogen) atoms. The Morgan fingerprint density at radius 2 is 1.90 bits per heavy atom. The largest absolute Gasteiger partial charge is 0.480 e. The second-order valence-corrected chi connectivity index (χ2v) is 10.4. The van der Waals surface area contributed by atoms with E-state index in [4.69, 9.17) is 21.9 Å². The summed E-state index contributed by atoms with van der Waals surface area (Å²) in [5, 5.41) is 9.69. The van der Waals surface area contributed by atoms with Crippen LogP contribution < -0.4 is 4.90 Å². The van der Waals surface area contributed by atoms with Gasteiger partial charge in [0, 0.05) is 11.4 Å². The van der Waals surface area contributed by atoms with E-state index in [-0.39, 0.29) is 16.5 Å². The van der Waals surface area contributed by atoms with Gasteiger partial charge in [-0.25, -0.2) is 0 Å². The van der Waals surface area contributed by atoms with Gasteiger partial charge in [0.2, 0.25) is 0 Å². The Morgan fingerprint density at radius 1 is 1.17 bits per heavy atom. The molecule has 3 rings (SSSR count). The van der Waals surface area contributed by atoms with Crippen LogP contribution in [0, 0.1) is 0 Å². The van der Waals surface area contributed by atoms with E-state index in [9.17, 15) is 18.0 Å². The van der Waals surface area contributed by atoms with Crippen LogP contribution >= 0.6 is 35.7 Å². The molecule has 1 fully saturated rings. The number of carbonyl (C=O) groups is 2. The maximum absolute atomic E-state index is 12.4. The molecule has 0 unspecified atom stereocenters. The molecule has 2 aliphatic rings. The number of benzene rings is 1. The van der Waals surface area contributed by atoms with E-state index in [1.54, 1.807) is 12.2 Å².